The van der Waals surface area contributed by atoms with E-state index in [4.69, 9.17) is 4.74 Å². The molecule has 14 heavy (non-hydrogen) atoms. The van der Waals surface area contributed by atoms with E-state index in [1.807, 2.05) is 17.8 Å². The lowest BCUT2D eigenvalue weighted by Crippen LogP contribution is -2.03. The lowest BCUT2D eigenvalue weighted by molar-refractivity contribution is 0.283. The van der Waals surface area contributed by atoms with Crippen molar-refractivity contribution in [3.63, 3.8) is 0 Å². The summed E-state index contributed by atoms with van der Waals surface area (Å²) in [6.45, 7) is 0.743. The van der Waals surface area contributed by atoms with Gasteiger partial charge in [0, 0.05) is 10.7 Å². The predicted octanol–water partition coefficient (Wildman–Crippen LogP) is 3.28. The van der Waals surface area contributed by atoms with Gasteiger partial charge in [-0.15, -0.1) is 11.8 Å². The van der Waals surface area contributed by atoms with E-state index in [0.717, 1.165) is 12.4 Å². The van der Waals surface area contributed by atoms with Crippen molar-refractivity contribution >= 4 is 11.8 Å². The summed E-state index contributed by atoms with van der Waals surface area (Å²) < 4.78 is 5.22. The van der Waals surface area contributed by atoms with E-state index in [1.165, 1.54) is 11.3 Å². The second-order valence-corrected chi connectivity index (χ2v) is 4.54. The van der Waals surface area contributed by atoms with Gasteiger partial charge in [-0.3, -0.25) is 0 Å². The van der Waals surface area contributed by atoms with Gasteiger partial charge >= 0.3 is 0 Å². The molecule has 1 heterocycles. The van der Waals surface area contributed by atoms with Crippen LogP contribution < -0.4 is 0 Å². The Morgan fingerprint density at radius 1 is 1.36 bits per heavy atom. The highest BCUT2D eigenvalue weighted by molar-refractivity contribution is 8.03. The fourth-order valence-electron chi connectivity index (χ4n) is 1.44. The van der Waals surface area contributed by atoms with Crippen LogP contribution in [0.25, 0.3) is 0 Å². The zero-order valence-electron chi connectivity index (χ0n) is 8.06. The summed E-state index contributed by atoms with van der Waals surface area (Å²) in [6, 6.07) is 0. The predicted molar refractivity (Wildman–Crippen MR) is 62.0 cm³/mol. The summed E-state index contributed by atoms with van der Waals surface area (Å²) in [6.07, 6.45) is 15.8. The molecule has 0 aromatic carbocycles. The first kappa shape index (κ1) is 9.66. The van der Waals surface area contributed by atoms with Gasteiger partial charge < -0.3 is 4.74 Å². The van der Waals surface area contributed by atoms with E-state index in [1.54, 1.807) is 6.26 Å². The van der Waals surface area contributed by atoms with E-state index in [2.05, 4.69) is 30.4 Å². The van der Waals surface area contributed by atoms with Crippen molar-refractivity contribution in [2.24, 2.45) is 5.92 Å². The minimum atomic E-state index is 0.691. The Morgan fingerprint density at radius 2 is 2.36 bits per heavy atom. The number of hydrogen-bond acceptors (Lipinski definition) is 2. The van der Waals surface area contributed by atoms with Crippen LogP contribution in [0.4, 0.5) is 0 Å². The zero-order valence-corrected chi connectivity index (χ0v) is 8.87. The third-order valence-corrected chi connectivity index (χ3v) is 3.45. The maximum Gasteiger partial charge on any atom is 0.118 e. The van der Waals surface area contributed by atoms with Gasteiger partial charge in [0.1, 0.15) is 6.61 Å². The van der Waals surface area contributed by atoms with Gasteiger partial charge in [0.25, 0.3) is 0 Å². The average Bonchev–Trinajstić information content (AvgIpc) is 2.29. The van der Waals surface area contributed by atoms with E-state index >= 15 is 0 Å². The van der Waals surface area contributed by atoms with E-state index in [0.29, 0.717) is 5.92 Å². The number of hydrogen-bond donors (Lipinski definition) is 0. The molecular formula is C12H14OS. The van der Waals surface area contributed by atoms with E-state index < -0.39 is 0 Å². The number of thioether (sulfide) groups is 1. The van der Waals surface area contributed by atoms with Crippen LogP contribution in [0.15, 0.2) is 47.6 Å². The Labute approximate surface area is 89.2 Å². The van der Waals surface area contributed by atoms with Crippen molar-refractivity contribution in [3.8, 4) is 0 Å². The SMILES string of the molecule is C1=CCC(CSC2=CC=COC2)C=C1. The lowest BCUT2D eigenvalue weighted by atomic mass is 10.0. The van der Waals surface area contributed by atoms with Gasteiger partial charge in [0.15, 0.2) is 0 Å². The van der Waals surface area contributed by atoms with Gasteiger partial charge in [0.05, 0.1) is 6.26 Å². The molecule has 0 bridgehead atoms. The van der Waals surface area contributed by atoms with Crippen LogP contribution in [0.2, 0.25) is 0 Å². The van der Waals surface area contributed by atoms with Gasteiger partial charge in [-0.25, -0.2) is 0 Å². The largest absolute Gasteiger partial charge is 0.496 e. The average molecular weight is 206 g/mol. The van der Waals surface area contributed by atoms with Crippen LogP contribution in [0, 0.1) is 5.92 Å². The fourth-order valence-corrected chi connectivity index (χ4v) is 2.44. The molecule has 1 aliphatic heterocycles. The first-order chi connectivity index (χ1) is 6.95. The molecule has 1 aliphatic carbocycles. The van der Waals surface area contributed by atoms with Crippen molar-refractivity contribution in [2.45, 2.75) is 6.42 Å². The van der Waals surface area contributed by atoms with Gasteiger partial charge in [-0.1, -0.05) is 24.3 Å². The number of rotatable bonds is 3. The van der Waals surface area contributed by atoms with Crippen molar-refractivity contribution in [3.05, 3.63) is 47.6 Å². The van der Waals surface area contributed by atoms with E-state index in [-0.39, 0.29) is 0 Å². The Kier molecular flexibility index (Phi) is 3.52. The Bertz CT molecular complexity index is 299. The monoisotopic (exact) mass is 206 g/mol. The van der Waals surface area contributed by atoms with Gasteiger partial charge in [-0.2, -0.15) is 0 Å². The molecule has 0 aromatic rings. The molecule has 2 rings (SSSR count). The number of allylic oxidation sites excluding steroid dienone is 6. The fraction of sp³-hybridized carbons (Fsp3) is 0.333. The highest BCUT2D eigenvalue weighted by Crippen LogP contribution is 2.24. The molecule has 74 valence electrons. The van der Waals surface area contributed by atoms with Crippen molar-refractivity contribution in [2.75, 3.05) is 12.4 Å². The maximum absolute atomic E-state index is 5.22. The van der Waals surface area contributed by atoms with Gasteiger partial charge in [-0.05, 0) is 24.5 Å². The molecule has 1 nitrogen and oxygen atoms in total. The summed E-state index contributed by atoms with van der Waals surface area (Å²) in [5.41, 5.74) is 0. The smallest absolute Gasteiger partial charge is 0.118 e. The lowest BCUT2D eigenvalue weighted by Gasteiger charge is -2.14. The molecule has 0 amide bonds. The first-order valence-electron chi connectivity index (χ1n) is 4.88. The molecule has 0 aromatic heterocycles. The Balaban J connectivity index is 1.76. The molecule has 0 N–H and O–H groups in total. The molecule has 0 spiro atoms. The van der Waals surface area contributed by atoms with Crippen LogP contribution in [0.3, 0.4) is 0 Å². The molecule has 1 atom stereocenters. The second-order valence-electron chi connectivity index (χ2n) is 3.39. The normalized spacial score (nSPS) is 24.6. The molecule has 1 unspecified atom stereocenters. The molecule has 2 aliphatic rings. The van der Waals surface area contributed by atoms with Crippen LogP contribution in [0.1, 0.15) is 6.42 Å². The van der Waals surface area contributed by atoms with Gasteiger partial charge in [0.2, 0.25) is 0 Å². The minimum Gasteiger partial charge on any atom is -0.496 e. The topological polar surface area (TPSA) is 9.23 Å². The van der Waals surface area contributed by atoms with Crippen LogP contribution in [-0.4, -0.2) is 12.4 Å². The quantitative estimate of drug-likeness (QED) is 0.701. The highest BCUT2D eigenvalue weighted by atomic mass is 32.2. The summed E-state index contributed by atoms with van der Waals surface area (Å²) in [7, 11) is 0. The summed E-state index contributed by atoms with van der Waals surface area (Å²) in [4.78, 5) is 1.33. The minimum absolute atomic E-state index is 0.691. The first-order valence-corrected chi connectivity index (χ1v) is 5.87. The highest BCUT2D eigenvalue weighted by Gasteiger charge is 2.08. The summed E-state index contributed by atoms with van der Waals surface area (Å²) in [5.74, 6) is 1.85. The standard InChI is InChI=1S/C12H14OS/c1-2-5-11(6-3-1)10-14-12-7-4-8-13-9-12/h1-5,7-8,11H,6,9-10H2. The van der Waals surface area contributed by atoms with Crippen molar-refractivity contribution in [1.82, 2.24) is 0 Å². The Hall–Kier alpha value is -0.890. The summed E-state index contributed by atoms with van der Waals surface area (Å²) in [5, 5.41) is 0. The summed E-state index contributed by atoms with van der Waals surface area (Å²) >= 11 is 1.90. The number of ether oxygens (including phenoxy) is 1. The maximum atomic E-state index is 5.22. The zero-order chi connectivity index (χ0) is 9.64. The second kappa shape index (κ2) is 5.11. The van der Waals surface area contributed by atoms with Crippen LogP contribution in [0.5, 0.6) is 0 Å². The molecule has 0 saturated carbocycles. The van der Waals surface area contributed by atoms with E-state index in [9.17, 15) is 0 Å². The molecule has 0 radical (unpaired) electrons. The molecule has 0 saturated heterocycles. The van der Waals surface area contributed by atoms with Crippen molar-refractivity contribution < 1.29 is 4.74 Å². The third kappa shape index (κ3) is 2.81. The van der Waals surface area contributed by atoms with Crippen LogP contribution >= 0.6 is 11.8 Å². The third-order valence-electron chi connectivity index (χ3n) is 2.23. The molecule has 0 fully saturated rings. The van der Waals surface area contributed by atoms with Crippen LogP contribution in [-0.2, 0) is 4.74 Å². The Morgan fingerprint density at radius 3 is 3.07 bits per heavy atom. The van der Waals surface area contributed by atoms with Crippen molar-refractivity contribution in [1.29, 1.82) is 0 Å². The molecular weight excluding hydrogens is 192 g/mol. The molecule has 2 heteroatoms.